The first-order chi connectivity index (χ1) is 7.68. The molecule has 6 heteroatoms. The zero-order valence-corrected chi connectivity index (χ0v) is 10.2. The van der Waals surface area contributed by atoms with Crippen LogP contribution in [0, 0.1) is 0 Å². The lowest BCUT2D eigenvalue weighted by Gasteiger charge is -2.14. The summed E-state index contributed by atoms with van der Waals surface area (Å²) in [6.07, 6.45) is 1.39. The van der Waals surface area contributed by atoms with Gasteiger partial charge in [-0.25, -0.2) is 9.97 Å². The minimum atomic E-state index is 0.145. The third-order valence-corrected chi connectivity index (χ3v) is 3.57. The number of nitrogen functional groups attached to an aromatic ring is 1. The molecule has 0 saturated heterocycles. The summed E-state index contributed by atoms with van der Waals surface area (Å²) >= 11 is 7.67. The summed E-state index contributed by atoms with van der Waals surface area (Å²) in [7, 11) is 0. The summed E-state index contributed by atoms with van der Waals surface area (Å²) in [6, 6.07) is 4.21. The average Bonchev–Trinajstić information content (AvgIpc) is 2.78. The highest BCUT2D eigenvalue weighted by Gasteiger charge is 2.11. The zero-order valence-electron chi connectivity index (χ0n) is 8.64. The second-order valence-corrected chi connectivity index (χ2v) is 4.66. The minimum Gasteiger partial charge on any atom is -0.382 e. The topological polar surface area (TPSA) is 63.8 Å². The highest BCUT2D eigenvalue weighted by atomic mass is 35.5. The highest BCUT2D eigenvalue weighted by molar-refractivity contribution is 7.10. The Balaban J connectivity index is 2.18. The van der Waals surface area contributed by atoms with Gasteiger partial charge < -0.3 is 11.1 Å². The van der Waals surface area contributed by atoms with Crippen molar-refractivity contribution in [3.05, 3.63) is 33.7 Å². The van der Waals surface area contributed by atoms with E-state index < -0.39 is 0 Å². The third kappa shape index (κ3) is 2.25. The van der Waals surface area contributed by atoms with Crippen LogP contribution < -0.4 is 11.1 Å². The lowest BCUT2D eigenvalue weighted by Crippen LogP contribution is -2.08. The van der Waals surface area contributed by atoms with Crippen LogP contribution >= 0.6 is 22.9 Å². The summed E-state index contributed by atoms with van der Waals surface area (Å²) in [5, 5.41) is 5.60. The number of aromatic nitrogens is 2. The molecule has 0 saturated carbocycles. The summed E-state index contributed by atoms with van der Waals surface area (Å²) in [6.45, 7) is 2.04. The van der Waals surface area contributed by atoms with Crippen molar-refractivity contribution in [2.45, 2.75) is 13.0 Å². The van der Waals surface area contributed by atoms with Crippen LogP contribution in [0.1, 0.15) is 17.8 Å². The Hall–Kier alpha value is -1.33. The van der Waals surface area contributed by atoms with Crippen LogP contribution in [0.3, 0.4) is 0 Å². The molecule has 0 aliphatic carbocycles. The predicted molar refractivity (Wildman–Crippen MR) is 67.8 cm³/mol. The molecule has 3 N–H and O–H groups in total. The van der Waals surface area contributed by atoms with Crippen molar-refractivity contribution in [3.63, 3.8) is 0 Å². The summed E-state index contributed by atoms with van der Waals surface area (Å²) in [5.74, 6) is 0.854. The van der Waals surface area contributed by atoms with E-state index in [0.29, 0.717) is 10.8 Å². The Kier molecular flexibility index (Phi) is 3.26. The maximum Gasteiger partial charge on any atom is 0.150 e. The normalized spacial score (nSPS) is 12.4. The number of anilines is 2. The molecule has 0 bridgehead atoms. The van der Waals surface area contributed by atoms with Gasteiger partial charge in [0.15, 0.2) is 5.82 Å². The van der Waals surface area contributed by atoms with Gasteiger partial charge in [0.2, 0.25) is 0 Å². The molecule has 0 aliphatic rings. The first-order valence-electron chi connectivity index (χ1n) is 4.74. The van der Waals surface area contributed by atoms with Crippen molar-refractivity contribution >= 4 is 34.6 Å². The second-order valence-electron chi connectivity index (χ2n) is 3.30. The van der Waals surface area contributed by atoms with Gasteiger partial charge in [-0.2, -0.15) is 0 Å². The highest BCUT2D eigenvalue weighted by Crippen LogP contribution is 2.28. The number of halogens is 1. The Labute approximate surface area is 102 Å². The van der Waals surface area contributed by atoms with Crippen molar-refractivity contribution in [2.75, 3.05) is 11.1 Å². The van der Waals surface area contributed by atoms with Crippen LogP contribution in [0.2, 0.25) is 5.02 Å². The molecular formula is C10H11ClN4S. The molecule has 4 nitrogen and oxygen atoms in total. The molecule has 0 radical (unpaired) electrons. The van der Waals surface area contributed by atoms with E-state index >= 15 is 0 Å². The Bertz CT molecular complexity index is 472. The van der Waals surface area contributed by atoms with Crippen molar-refractivity contribution < 1.29 is 0 Å². The van der Waals surface area contributed by atoms with Gasteiger partial charge >= 0.3 is 0 Å². The number of thiophene rings is 1. The Morgan fingerprint density at radius 3 is 3.00 bits per heavy atom. The van der Waals surface area contributed by atoms with E-state index in [0.717, 1.165) is 0 Å². The molecule has 0 spiro atoms. The van der Waals surface area contributed by atoms with Gasteiger partial charge in [-0.05, 0) is 18.4 Å². The average molecular weight is 255 g/mol. The largest absolute Gasteiger partial charge is 0.382 e. The zero-order chi connectivity index (χ0) is 11.5. The molecule has 1 unspecified atom stereocenters. The van der Waals surface area contributed by atoms with E-state index in [1.54, 1.807) is 11.3 Å². The van der Waals surface area contributed by atoms with Crippen molar-refractivity contribution in [1.82, 2.24) is 9.97 Å². The smallest absolute Gasteiger partial charge is 0.150 e. The number of nitrogens with zero attached hydrogens (tertiary/aromatic N) is 2. The van der Waals surface area contributed by atoms with Gasteiger partial charge in [0.25, 0.3) is 0 Å². The molecule has 2 aromatic heterocycles. The number of nitrogens with two attached hydrogens (primary N) is 1. The van der Waals surface area contributed by atoms with Crippen LogP contribution in [0.5, 0.6) is 0 Å². The molecule has 2 aromatic rings. The standard InChI is InChI=1S/C10H11ClN4S/c1-6(7-3-2-4-16-7)15-10-8(11)9(12)13-5-14-10/h2-6H,1H3,(H3,12,13,14,15). The van der Waals surface area contributed by atoms with Gasteiger partial charge in [0, 0.05) is 4.88 Å². The molecule has 0 aliphatic heterocycles. The maximum atomic E-state index is 5.99. The van der Waals surface area contributed by atoms with E-state index in [2.05, 4.69) is 21.4 Å². The van der Waals surface area contributed by atoms with E-state index in [1.165, 1.54) is 11.2 Å². The van der Waals surface area contributed by atoms with Crippen molar-refractivity contribution in [1.29, 1.82) is 0 Å². The summed E-state index contributed by atoms with van der Waals surface area (Å²) in [4.78, 5) is 9.08. The molecule has 0 fully saturated rings. The molecule has 84 valence electrons. The lowest BCUT2D eigenvalue weighted by atomic mass is 10.3. The number of rotatable bonds is 3. The Morgan fingerprint density at radius 1 is 1.50 bits per heavy atom. The van der Waals surface area contributed by atoms with Crippen LogP contribution in [0.15, 0.2) is 23.8 Å². The van der Waals surface area contributed by atoms with E-state index in [1.807, 2.05) is 18.4 Å². The van der Waals surface area contributed by atoms with Gasteiger partial charge in [-0.1, -0.05) is 17.7 Å². The van der Waals surface area contributed by atoms with Crippen molar-refractivity contribution in [2.24, 2.45) is 0 Å². The van der Waals surface area contributed by atoms with Crippen LogP contribution in [-0.4, -0.2) is 9.97 Å². The monoisotopic (exact) mass is 254 g/mol. The number of nitrogens with one attached hydrogen (secondary N) is 1. The maximum absolute atomic E-state index is 5.99. The molecule has 1 atom stereocenters. The van der Waals surface area contributed by atoms with Crippen LogP contribution in [0.4, 0.5) is 11.6 Å². The van der Waals surface area contributed by atoms with Crippen molar-refractivity contribution in [3.8, 4) is 0 Å². The molecule has 16 heavy (non-hydrogen) atoms. The van der Waals surface area contributed by atoms with E-state index in [9.17, 15) is 0 Å². The Morgan fingerprint density at radius 2 is 2.31 bits per heavy atom. The summed E-state index contributed by atoms with van der Waals surface area (Å²) in [5.41, 5.74) is 5.59. The third-order valence-electron chi connectivity index (χ3n) is 2.14. The first kappa shape index (κ1) is 11.2. The van der Waals surface area contributed by atoms with Gasteiger partial charge in [0.05, 0.1) is 6.04 Å². The summed E-state index contributed by atoms with van der Waals surface area (Å²) < 4.78 is 0. The lowest BCUT2D eigenvalue weighted by molar-refractivity contribution is 0.894. The molecule has 0 amide bonds. The van der Waals surface area contributed by atoms with Crippen LogP contribution in [-0.2, 0) is 0 Å². The fourth-order valence-electron chi connectivity index (χ4n) is 1.30. The fourth-order valence-corrected chi connectivity index (χ4v) is 2.18. The van der Waals surface area contributed by atoms with E-state index in [-0.39, 0.29) is 11.9 Å². The van der Waals surface area contributed by atoms with Gasteiger partial charge in [0.1, 0.15) is 17.2 Å². The molecule has 2 heterocycles. The predicted octanol–water partition coefficient (Wildman–Crippen LogP) is 2.95. The molecule has 2 rings (SSSR count). The van der Waals surface area contributed by atoms with Gasteiger partial charge in [-0.3, -0.25) is 0 Å². The first-order valence-corrected chi connectivity index (χ1v) is 6.00. The van der Waals surface area contributed by atoms with E-state index in [4.69, 9.17) is 17.3 Å². The number of hydrogen-bond donors (Lipinski definition) is 2. The number of hydrogen-bond acceptors (Lipinski definition) is 5. The quantitative estimate of drug-likeness (QED) is 0.884. The van der Waals surface area contributed by atoms with Gasteiger partial charge in [-0.15, -0.1) is 11.3 Å². The molecular weight excluding hydrogens is 244 g/mol. The fraction of sp³-hybridized carbons (Fsp3) is 0.200. The second kappa shape index (κ2) is 4.67. The SMILES string of the molecule is CC(Nc1ncnc(N)c1Cl)c1cccs1. The van der Waals surface area contributed by atoms with Crippen LogP contribution in [0.25, 0.3) is 0 Å². The molecule has 0 aromatic carbocycles. The minimum absolute atomic E-state index is 0.145.